The van der Waals surface area contributed by atoms with Gasteiger partial charge >= 0.3 is 0 Å². The summed E-state index contributed by atoms with van der Waals surface area (Å²) in [5, 5.41) is 0.713. The molecule has 0 aliphatic carbocycles. The van der Waals surface area contributed by atoms with Crippen LogP contribution in [0.2, 0.25) is 0 Å². The van der Waals surface area contributed by atoms with Gasteiger partial charge in [0.15, 0.2) is 6.10 Å². The van der Waals surface area contributed by atoms with E-state index < -0.39 is 6.10 Å². The quantitative estimate of drug-likeness (QED) is 0.752. The minimum Gasteiger partial charge on any atom is -0.481 e. The summed E-state index contributed by atoms with van der Waals surface area (Å²) in [6.45, 7) is 5.21. The number of fused-ring (bicyclic) bond motifs is 3. The lowest BCUT2D eigenvalue weighted by atomic mass is 10.0. The Kier molecular flexibility index (Phi) is 5.51. The summed E-state index contributed by atoms with van der Waals surface area (Å²) in [7, 11) is 1.66. The van der Waals surface area contributed by atoms with Crippen LogP contribution in [-0.2, 0) is 22.6 Å². The summed E-state index contributed by atoms with van der Waals surface area (Å²) < 4.78 is 5.79. The Morgan fingerprint density at radius 1 is 1.20 bits per heavy atom. The molecule has 3 heterocycles. The number of amides is 3. The predicted molar refractivity (Wildman–Crippen MR) is 115 cm³/mol. The van der Waals surface area contributed by atoms with Gasteiger partial charge in [0.05, 0.1) is 12.1 Å². The number of likely N-dealkylation sites (N-methyl/N-ethyl adjacent to an activating group) is 2. The molecule has 0 fully saturated rings. The number of benzene rings is 1. The van der Waals surface area contributed by atoms with Gasteiger partial charge in [0.25, 0.3) is 11.8 Å². The lowest BCUT2D eigenvalue weighted by Gasteiger charge is -2.30. The van der Waals surface area contributed by atoms with Crippen molar-refractivity contribution in [2.45, 2.75) is 32.9 Å². The Hall–Kier alpha value is -2.87. The highest BCUT2D eigenvalue weighted by Gasteiger charge is 2.37. The van der Waals surface area contributed by atoms with E-state index in [9.17, 15) is 14.4 Å². The van der Waals surface area contributed by atoms with Crippen LogP contribution >= 0.6 is 11.3 Å². The number of para-hydroxylation sites is 1. The molecule has 2 aromatic rings. The molecule has 8 heteroatoms. The van der Waals surface area contributed by atoms with Crippen molar-refractivity contribution in [3.05, 3.63) is 46.3 Å². The van der Waals surface area contributed by atoms with Crippen molar-refractivity contribution in [1.82, 2.24) is 9.80 Å². The summed E-state index contributed by atoms with van der Waals surface area (Å²) in [6.07, 6.45) is -0.00996. The first-order chi connectivity index (χ1) is 14.4. The minimum absolute atomic E-state index is 0.0801. The van der Waals surface area contributed by atoms with Crippen LogP contribution in [0, 0.1) is 0 Å². The SMILES string of the molecule is CCN1C(=O)CN(C)C(=O)c2c1sc1c2CCN(C(=O)C(C)Oc2ccccc2)C1. The highest BCUT2D eigenvalue weighted by molar-refractivity contribution is 7.17. The fourth-order valence-electron chi connectivity index (χ4n) is 3.98. The zero-order valence-corrected chi connectivity index (χ0v) is 18.2. The van der Waals surface area contributed by atoms with E-state index in [-0.39, 0.29) is 24.3 Å². The largest absolute Gasteiger partial charge is 0.481 e. The maximum Gasteiger partial charge on any atom is 0.263 e. The van der Waals surface area contributed by atoms with Gasteiger partial charge in [0, 0.05) is 25.0 Å². The first-order valence-corrected chi connectivity index (χ1v) is 10.9. The lowest BCUT2D eigenvalue weighted by molar-refractivity contribution is -0.138. The smallest absolute Gasteiger partial charge is 0.263 e. The Morgan fingerprint density at radius 3 is 2.63 bits per heavy atom. The van der Waals surface area contributed by atoms with Crippen LogP contribution in [0.25, 0.3) is 0 Å². The van der Waals surface area contributed by atoms with E-state index in [0.717, 1.165) is 10.4 Å². The molecule has 1 atom stereocenters. The molecule has 1 aromatic heterocycles. The summed E-state index contributed by atoms with van der Waals surface area (Å²) in [6, 6.07) is 9.29. The zero-order valence-electron chi connectivity index (χ0n) is 17.4. The maximum atomic E-state index is 13.0. The normalized spacial score (nSPS) is 17.4. The van der Waals surface area contributed by atoms with Crippen molar-refractivity contribution < 1.29 is 19.1 Å². The Bertz CT molecular complexity index is 988. The standard InChI is InChI=1S/C22H25N3O4S/c1-4-25-18(26)13-23(3)21(28)19-16-10-11-24(12-17(16)30-22(19)25)20(27)14(2)29-15-8-6-5-7-9-15/h5-9,14H,4,10-13H2,1-3H3. The van der Waals surface area contributed by atoms with Crippen LogP contribution in [0.4, 0.5) is 5.00 Å². The number of rotatable bonds is 4. The average molecular weight is 428 g/mol. The van der Waals surface area contributed by atoms with Crippen molar-refractivity contribution in [3.63, 3.8) is 0 Å². The van der Waals surface area contributed by atoms with Crippen LogP contribution in [0.5, 0.6) is 5.75 Å². The molecule has 0 spiro atoms. The van der Waals surface area contributed by atoms with E-state index in [0.29, 0.717) is 42.4 Å². The van der Waals surface area contributed by atoms with Crippen LogP contribution in [0.1, 0.15) is 34.6 Å². The van der Waals surface area contributed by atoms with Gasteiger partial charge in [-0.1, -0.05) is 18.2 Å². The number of thiophene rings is 1. The zero-order chi connectivity index (χ0) is 21.4. The molecule has 0 N–H and O–H groups in total. The number of nitrogens with zero attached hydrogens (tertiary/aromatic N) is 3. The monoisotopic (exact) mass is 427 g/mol. The van der Waals surface area contributed by atoms with Gasteiger partial charge in [-0.2, -0.15) is 0 Å². The molecule has 158 valence electrons. The number of anilines is 1. The number of carbonyl (C=O) groups is 3. The molecule has 0 saturated carbocycles. The minimum atomic E-state index is -0.603. The topological polar surface area (TPSA) is 70.2 Å². The Balaban J connectivity index is 1.58. The van der Waals surface area contributed by atoms with Crippen LogP contribution in [-0.4, -0.2) is 60.3 Å². The first-order valence-electron chi connectivity index (χ1n) is 10.1. The first kappa shape index (κ1) is 20.4. The predicted octanol–water partition coefficient (Wildman–Crippen LogP) is 2.54. The van der Waals surface area contributed by atoms with Gasteiger partial charge in [-0.15, -0.1) is 11.3 Å². The molecule has 1 aromatic carbocycles. The van der Waals surface area contributed by atoms with E-state index in [1.807, 2.05) is 37.3 Å². The second-order valence-electron chi connectivity index (χ2n) is 7.57. The third kappa shape index (κ3) is 3.56. The molecular weight excluding hydrogens is 402 g/mol. The molecular formula is C22H25N3O4S. The fraction of sp³-hybridized carbons (Fsp3) is 0.409. The van der Waals surface area contributed by atoms with Gasteiger partial charge in [-0.3, -0.25) is 14.4 Å². The molecule has 30 heavy (non-hydrogen) atoms. The summed E-state index contributed by atoms with van der Waals surface area (Å²) in [5.74, 6) is 0.375. The third-order valence-electron chi connectivity index (χ3n) is 5.55. The molecule has 0 saturated heterocycles. The van der Waals surface area contributed by atoms with Gasteiger partial charge in [0.2, 0.25) is 5.91 Å². The molecule has 0 radical (unpaired) electrons. The highest BCUT2D eigenvalue weighted by Crippen LogP contribution is 2.41. The highest BCUT2D eigenvalue weighted by atomic mass is 32.1. The lowest BCUT2D eigenvalue weighted by Crippen LogP contribution is -2.43. The number of carbonyl (C=O) groups excluding carboxylic acids is 3. The van der Waals surface area contributed by atoms with E-state index >= 15 is 0 Å². The van der Waals surface area contributed by atoms with E-state index in [4.69, 9.17) is 4.74 Å². The van der Waals surface area contributed by atoms with E-state index in [2.05, 4.69) is 0 Å². The van der Waals surface area contributed by atoms with Crippen LogP contribution in [0.15, 0.2) is 30.3 Å². The van der Waals surface area contributed by atoms with Gasteiger partial charge in [0.1, 0.15) is 17.3 Å². The molecule has 7 nitrogen and oxygen atoms in total. The number of hydrogen-bond acceptors (Lipinski definition) is 5. The molecule has 4 rings (SSSR count). The van der Waals surface area contributed by atoms with Crippen LogP contribution < -0.4 is 9.64 Å². The molecule has 2 aliphatic heterocycles. The third-order valence-corrected chi connectivity index (χ3v) is 6.79. The van der Waals surface area contributed by atoms with Crippen molar-refractivity contribution >= 4 is 34.1 Å². The fourth-order valence-corrected chi connectivity index (χ4v) is 5.42. The molecule has 3 amide bonds. The van der Waals surface area contributed by atoms with Crippen molar-refractivity contribution in [3.8, 4) is 5.75 Å². The average Bonchev–Trinajstić information content (AvgIpc) is 3.08. The number of ether oxygens (including phenoxy) is 1. The molecule has 2 aliphatic rings. The summed E-state index contributed by atoms with van der Waals surface area (Å²) >= 11 is 1.45. The van der Waals surface area contributed by atoms with E-state index in [1.165, 1.54) is 16.2 Å². The maximum absolute atomic E-state index is 13.0. The van der Waals surface area contributed by atoms with Gasteiger partial charge in [-0.25, -0.2) is 0 Å². The molecule has 1 unspecified atom stereocenters. The van der Waals surface area contributed by atoms with Crippen molar-refractivity contribution in [1.29, 1.82) is 0 Å². The number of hydrogen-bond donors (Lipinski definition) is 0. The Morgan fingerprint density at radius 2 is 1.93 bits per heavy atom. The van der Waals surface area contributed by atoms with Gasteiger partial charge in [-0.05, 0) is 38.0 Å². The second-order valence-corrected chi connectivity index (χ2v) is 8.65. The van der Waals surface area contributed by atoms with Crippen LogP contribution in [0.3, 0.4) is 0 Å². The van der Waals surface area contributed by atoms with Crippen molar-refractivity contribution in [2.24, 2.45) is 0 Å². The van der Waals surface area contributed by atoms with Crippen molar-refractivity contribution in [2.75, 3.05) is 31.6 Å². The molecule has 0 bridgehead atoms. The van der Waals surface area contributed by atoms with Gasteiger partial charge < -0.3 is 19.4 Å². The summed E-state index contributed by atoms with van der Waals surface area (Å²) in [5.41, 5.74) is 1.60. The Labute approximate surface area is 179 Å². The summed E-state index contributed by atoms with van der Waals surface area (Å²) in [4.78, 5) is 44.4. The second kappa shape index (κ2) is 8.10. The van der Waals surface area contributed by atoms with E-state index in [1.54, 1.807) is 23.8 Å².